The molecule has 5 nitrogen and oxygen atoms in total. The summed E-state index contributed by atoms with van der Waals surface area (Å²) in [5.41, 5.74) is 6.60. The van der Waals surface area contributed by atoms with E-state index < -0.39 is 5.82 Å². The highest BCUT2D eigenvalue weighted by atomic mass is 79.9. The number of anilines is 3. The summed E-state index contributed by atoms with van der Waals surface area (Å²) in [4.78, 5) is 8.22. The van der Waals surface area contributed by atoms with E-state index in [1.165, 1.54) is 12.4 Å². The quantitative estimate of drug-likeness (QED) is 0.442. The van der Waals surface area contributed by atoms with Gasteiger partial charge in [-0.05, 0) is 29.7 Å². The van der Waals surface area contributed by atoms with Gasteiger partial charge in [-0.1, -0.05) is 52.3 Å². The molecule has 0 aliphatic carbocycles. The molecule has 0 radical (unpaired) electrons. The zero-order valence-electron chi connectivity index (χ0n) is 14.0. The zero-order valence-corrected chi connectivity index (χ0v) is 15.6. The summed E-state index contributed by atoms with van der Waals surface area (Å²) < 4.78 is 20.7. The van der Waals surface area contributed by atoms with Crippen molar-refractivity contribution < 1.29 is 9.13 Å². The van der Waals surface area contributed by atoms with E-state index in [1.807, 2.05) is 42.5 Å². The number of rotatable bonds is 4. The maximum absolute atomic E-state index is 14.1. The van der Waals surface area contributed by atoms with E-state index in [1.54, 1.807) is 12.1 Å². The first-order valence-corrected chi connectivity index (χ1v) is 8.89. The molecule has 1 aromatic heterocycles. The lowest BCUT2D eigenvalue weighted by atomic mass is 10.1. The molecule has 134 valence electrons. The van der Waals surface area contributed by atoms with Crippen molar-refractivity contribution in [1.29, 1.82) is 0 Å². The number of nitrogens with one attached hydrogen (secondary N) is 1. The van der Waals surface area contributed by atoms with Gasteiger partial charge in [-0.3, -0.25) is 0 Å². The highest BCUT2D eigenvalue weighted by Gasteiger charge is 2.13. The van der Waals surface area contributed by atoms with Crippen LogP contribution in [-0.2, 0) is 0 Å². The molecule has 0 bridgehead atoms. The standard InChI is InChI=1S/C20H14BrFN4O/c21-13-8-9-16(15(22)10-13)26-19-18(23)20(25-11-24-19)27-17-7-3-5-12-4-1-2-6-14(12)17/h1-11H,23H2,(H,24,25,26). The number of ether oxygens (including phenoxy) is 1. The molecule has 3 N–H and O–H groups in total. The number of halogens is 2. The fourth-order valence-electron chi connectivity index (χ4n) is 2.67. The van der Waals surface area contributed by atoms with Gasteiger partial charge in [0, 0.05) is 9.86 Å². The van der Waals surface area contributed by atoms with Crippen molar-refractivity contribution in [2.24, 2.45) is 0 Å². The summed E-state index contributed by atoms with van der Waals surface area (Å²) in [5, 5.41) is 4.86. The number of aromatic nitrogens is 2. The maximum atomic E-state index is 14.1. The number of nitrogens with two attached hydrogens (primary N) is 1. The average molecular weight is 425 g/mol. The predicted octanol–water partition coefficient (Wildman–Crippen LogP) is 5.65. The Labute approximate surface area is 163 Å². The van der Waals surface area contributed by atoms with E-state index >= 15 is 0 Å². The fourth-order valence-corrected chi connectivity index (χ4v) is 3.00. The van der Waals surface area contributed by atoms with Gasteiger partial charge in [-0.2, -0.15) is 4.98 Å². The minimum absolute atomic E-state index is 0.188. The van der Waals surface area contributed by atoms with Crippen LogP contribution >= 0.6 is 15.9 Å². The lowest BCUT2D eigenvalue weighted by molar-refractivity contribution is 0.470. The molecular weight excluding hydrogens is 411 g/mol. The highest BCUT2D eigenvalue weighted by molar-refractivity contribution is 9.10. The van der Waals surface area contributed by atoms with Gasteiger partial charge in [0.25, 0.3) is 0 Å². The van der Waals surface area contributed by atoms with Crippen LogP contribution in [0.15, 0.2) is 71.5 Å². The third-order valence-electron chi connectivity index (χ3n) is 3.99. The van der Waals surface area contributed by atoms with Crippen molar-refractivity contribution in [3.8, 4) is 11.6 Å². The number of fused-ring (bicyclic) bond motifs is 1. The topological polar surface area (TPSA) is 73.1 Å². The van der Waals surface area contributed by atoms with Crippen LogP contribution in [0.5, 0.6) is 11.6 Å². The molecule has 0 unspecified atom stereocenters. The first-order valence-electron chi connectivity index (χ1n) is 8.10. The summed E-state index contributed by atoms with van der Waals surface area (Å²) in [6, 6.07) is 18.2. The van der Waals surface area contributed by atoms with Gasteiger partial charge in [-0.25, -0.2) is 9.37 Å². The van der Waals surface area contributed by atoms with Crippen molar-refractivity contribution in [3.05, 3.63) is 77.3 Å². The van der Waals surface area contributed by atoms with Crippen LogP contribution in [0.25, 0.3) is 10.8 Å². The molecule has 0 saturated carbocycles. The van der Waals surface area contributed by atoms with Gasteiger partial charge in [-0.15, -0.1) is 0 Å². The molecule has 0 atom stereocenters. The Hall–Kier alpha value is -3.19. The van der Waals surface area contributed by atoms with Crippen LogP contribution in [0.4, 0.5) is 21.6 Å². The molecule has 0 aliphatic heterocycles. The van der Waals surface area contributed by atoms with Crippen LogP contribution in [0.1, 0.15) is 0 Å². The molecule has 4 rings (SSSR count). The van der Waals surface area contributed by atoms with Gasteiger partial charge < -0.3 is 15.8 Å². The minimum Gasteiger partial charge on any atom is -0.436 e. The summed E-state index contributed by atoms with van der Waals surface area (Å²) in [6.07, 6.45) is 1.32. The third kappa shape index (κ3) is 3.54. The Kier molecular flexibility index (Phi) is 4.60. The molecule has 3 aromatic carbocycles. The van der Waals surface area contributed by atoms with Crippen molar-refractivity contribution in [2.45, 2.75) is 0 Å². The molecule has 27 heavy (non-hydrogen) atoms. The van der Waals surface area contributed by atoms with E-state index in [0.29, 0.717) is 10.2 Å². The zero-order chi connectivity index (χ0) is 18.8. The van der Waals surface area contributed by atoms with Crippen molar-refractivity contribution in [3.63, 3.8) is 0 Å². The highest BCUT2D eigenvalue weighted by Crippen LogP contribution is 2.34. The number of nitrogens with zero attached hydrogens (tertiary/aromatic N) is 2. The fraction of sp³-hybridized carbons (Fsp3) is 0. The second-order valence-electron chi connectivity index (χ2n) is 5.77. The number of hydrogen-bond donors (Lipinski definition) is 2. The van der Waals surface area contributed by atoms with Gasteiger partial charge >= 0.3 is 0 Å². The smallest absolute Gasteiger partial charge is 0.248 e. The molecule has 4 aromatic rings. The van der Waals surface area contributed by atoms with Gasteiger partial charge in [0.1, 0.15) is 23.6 Å². The Morgan fingerprint density at radius 1 is 1.00 bits per heavy atom. The largest absolute Gasteiger partial charge is 0.436 e. The van der Waals surface area contributed by atoms with Crippen molar-refractivity contribution >= 4 is 43.9 Å². The Bertz CT molecular complexity index is 1130. The molecular formula is C20H14BrFN4O. The summed E-state index contributed by atoms with van der Waals surface area (Å²) in [6.45, 7) is 0. The van der Waals surface area contributed by atoms with Gasteiger partial charge in [0.15, 0.2) is 5.82 Å². The van der Waals surface area contributed by atoms with E-state index in [-0.39, 0.29) is 23.1 Å². The normalized spacial score (nSPS) is 10.7. The summed E-state index contributed by atoms with van der Waals surface area (Å²) >= 11 is 3.23. The molecule has 0 amide bonds. The number of benzene rings is 3. The number of nitrogen functional groups attached to an aromatic ring is 1. The lowest BCUT2D eigenvalue weighted by Crippen LogP contribution is -2.04. The average Bonchev–Trinajstić information content (AvgIpc) is 2.67. The third-order valence-corrected chi connectivity index (χ3v) is 4.48. The Morgan fingerprint density at radius 2 is 1.81 bits per heavy atom. The minimum atomic E-state index is -0.432. The Morgan fingerprint density at radius 3 is 2.67 bits per heavy atom. The lowest BCUT2D eigenvalue weighted by Gasteiger charge is -2.13. The van der Waals surface area contributed by atoms with Crippen LogP contribution < -0.4 is 15.8 Å². The van der Waals surface area contributed by atoms with E-state index in [9.17, 15) is 4.39 Å². The van der Waals surface area contributed by atoms with E-state index in [2.05, 4.69) is 31.2 Å². The second kappa shape index (κ2) is 7.20. The van der Waals surface area contributed by atoms with E-state index in [0.717, 1.165) is 10.8 Å². The molecule has 0 spiro atoms. The van der Waals surface area contributed by atoms with Crippen molar-refractivity contribution in [2.75, 3.05) is 11.1 Å². The van der Waals surface area contributed by atoms with Crippen LogP contribution in [0.3, 0.4) is 0 Å². The van der Waals surface area contributed by atoms with Gasteiger partial charge in [0.2, 0.25) is 5.88 Å². The van der Waals surface area contributed by atoms with Crippen molar-refractivity contribution in [1.82, 2.24) is 9.97 Å². The maximum Gasteiger partial charge on any atom is 0.248 e. The molecule has 0 saturated heterocycles. The monoisotopic (exact) mass is 424 g/mol. The first-order chi connectivity index (χ1) is 13.1. The summed E-state index contributed by atoms with van der Waals surface area (Å²) in [5.74, 6) is 0.654. The summed E-state index contributed by atoms with van der Waals surface area (Å²) in [7, 11) is 0. The SMILES string of the molecule is Nc1c(Nc2ccc(Br)cc2F)ncnc1Oc1cccc2ccccc12. The Balaban J connectivity index is 1.67. The number of hydrogen-bond acceptors (Lipinski definition) is 5. The molecule has 7 heteroatoms. The van der Waals surface area contributed by atoms with Crippen LogP contribution in [0.2, 0.25) is 0 Å². The van der Waals surface area contributed by atoms with Crippen LogP contribution in [0, 0.1) is 5.82 Å². The predicted molar refractivity (Wildman–Crippen MR) is 108 cm³/mol. The van der Waals surface area contributed by atoms with Crippen LogP contribution in [-0.4, -0.2) is 9.97 Å². The molecule has 1 heterocycles. The first kappa shape index (κ1) is 17.2. The molecule has 0 fully saturated rings. The molecule has 0 aliphatic rings. The second-order valence-corrected chi connectivity index (χ2v) is 6.69. The van der Waals surface area contributed by atoms with Gasteiger partial charge in [0.05, 0.1) is 5.69 Å². The van der Waals surface area contributed by atoms with E-state index in [4.69, 9.17) is 10.5 Å².